The van der Waals surface area contributed by atoms with E-state index in [9.17, 15) is 4.79 Å². The van der Waals surface area contributed by atoms with Crippen molar-refractivity contribution in [2.45, 2.75) is 19.8 Å². The number of carbonyl (C=O) groups is 1. The van der Waals surface area contributed by atoms with E-state index in [2.05, 4.69) is 11.8 Å². The molecule has 0 aliphatic heterocycles. The molecule has 0 amide bonds. The molecule has 0 atom stereocenters. The first kappa shape index (κ1) is 12.7. The number of hydrogen-bond donors (Lipinski definition) is 1. The van der Waals surface area contributed by atoms with Crippen LogP contribution in [-0.2, 0) is 4.74 Å². The maximum Gasteiger partial charge on any atom is 0.340 e. The third kappa shape index (κ3) is 2.75. The lowest BCUT2D eigenvalue weighted by molar-refractivity contribution is 0.0601. The lowest BCUT2D eigenvalue weighted by atomic mass is 10.1. The monoisotopic (exact) mass is 248 g/mol. The van der Waals surface area contributed by atoms with Crippen LogP contribution in [0.5, 0.6) is 0 Å². The number of anilines is 2. The lowest BCUT2D eigenvalue weighted by Gasteiger charge is -2.25. The third-order valence-corrected chi connectivity index (χ3v) is 3.32. The summed E-state index contributed by atoms with van der Waals surface area (Å²) < 4.78 is 4.83. The number of methoxy groups -OCH3 is 1. The Kier molecular flexibility index (Phi) is 3.75. The summed E-state index contributed by atoms with van der Waals surface area (Å²) in [5.74, 6) is 0.444. The molecule has 4 nitrogen and oxygen atoms in total. The molecule has 2 rings (SSSR count). The van der Waals surface area contributed by atoms with Gasteiger partial charge in [0.15, 0.2) is 0 Å². The largest absolute Gasteiger partial charge is 0.465 e. The fraction of sp³-hybridized carbons (Fsp3) is 0.500. The second kappa shape index (κ2) is 5.29. The maximum atomic E-state index is 11.8. The van der Waals surface area contributed by atoms with E-state index in [1.165, 1.54) is 20.0 Å². The van der Waals surface area contributed by atoms with Crippen molar-refractivity contribution in [3.63, 3.8) is 0 Å². The van der Waals surface area contributed by atoms with Gasteiger partial charge in [-0.1, -0.05) is 0 Å². The van der Waals surface area contributed by atoms with E-state index in [0.29, 0.717) is 11.3 Å². The first-order valence-electron chi connectivity index (χ1n) is 6.38. The number of benzene rings is 1. The van der Waals surface area contributed by atoms with Crippen molar-refractivity contribution in [3.8, 4) is 0 Å². The number of ether oxygens (including phenoxy) is 1. The number of nitrogen functional groups attached to an aromatic ring is 1. The van der Waals surface area contributed by atoms with Gasteiger partial charge in [0.2, 0.25) is 0 Å². The molecule has 4 heteroatoms. The van der Waals surface area contributed by atoms with Crippen molar-refractivity contribution in [1.82, 2.24) is 0 Å². The maximum absolute atomic E-state index is 11.8. The Morgan fingerprint density at radius 2 is 2.22 bits per heavy atom. The molecule has 2 N–H and O–H groups in total. The fourth-order valence-electron chi connectivity index (χ4n) is 2.11. The quantitative estimate of drug-likeness (QED) is 0.641. The number of esters is 1. The van der Waals surface area contributed by atoms with Crippen LogP contribution in [0.2, 0.25) is 0 Å². The topological polar surface area (TPSA) is 55.6 Å². The molecule has 0 saturated heterocycles. The smallest absolute Gasteiger partial charge is 0.340 e. The van der Waals surface area contributed by atoms with Gasteiger partial charge >= 0.3 is 5.97 Å². The van der Waals surface area contributed by atoms with Gasteiger partial charge < -0.3 is 15.4 Å². The number of carbonyl (C=O) groups excluding carboxylic acids is 1. The number of rotatable bonds is 5. The second-order valence-corrected chi connectivity index (χ2v) is 4.75. The minimum absolute atomic E-state index is 0.327. The molecule has 1 aromatic carbocycles. The first-order valence-corrected chi connectivity index (χ1v) is 6.38. The molecule has 1 saturated carbocycles. The minimum atomic E-state index is -0.327. The van der Waals surface area contributed by atoms with E-state index in [1.54, 1.807) is 6.07 Å². The van der Waals surface area contributed by atoms with Gasteiger partial charge in [-0.15, -0.1) is 0 Å². The molecule has 18 heavy (non-hydrogen) atoms. The van der Waals surface area contributed by atoms with E-state index in [4.69, 9.17) is 10.5 Å². The van der Waals surface area contributed by atoms with Gasteiger partial charge in [0.05, 0.1) is 18.4 Å². The molecule has 1 aromatic rings. The fourth-order valence-corrected chi connectivity index (χ4v) is 2.11. The Bertz CT molecular complexity index is 441. The average Bonchev–Trinajstić information content (AvgIpc) is 3.19. The summed E-state index contributed by atoms with van der Waals surface area (Å²) in [6, 6.07) is 5.43. The van der Waals surface area contributed by atoms with Crippen LogP contribution >= 0.6 is 0 Å². The molecule has 0 spiro atoms. The van der Waals surface area contributed by atoms with E-state index < -0.39 is 0 Å². The van der Waals surface area contributed by atoms with Crippen molar-refractivity contribution < 1.29 is 9.53 Å². The van der Waals surface area contributed by atoms with Crippen molar-refractivity contribution in [1.29, 1.82) is 0 Å². The van der Waals surface area contributed by atoms with Crippen molar-refractivity contribution in [2.75, 3.05) is 30.8 Å². The van der Waals surface area contributed by atoms with Gasteiger partial charge in [-0.3, -0.25) is 0 Å². The lowest BCUT2D eigenvalue weighted by Crippen LogP contribution is -2.27. The summed E-state index contributed by atoms with van der Waals surface area (Å²) in [4.78, 5) is 14.0. The highest BCUT2D eigenvalue weighted by Gasteiger charge is 2.26. The summed E-state index contributed by atoms with van der Waals surface area (Å²) in [5.41, 5.74) is 7.81. The normalized spacial score (nSPS) is 14.3. The third-order valence-electron chi connectivity index (χ3n) is 3.32. The molecular formula is C14H20N2O2. The van der Waals surface area contributed by atoms with Gasteiger partial charge in [0.25, 0.3) is 0 Å². The van der Waals surface area contributed by atoms with Gasteiger partial charge in [-0.2, -0.15) is 0 Å². The van der Waals surface area contributed by atoms with Crippen molar-refractivity contribution in [3.05, 3.63) is 23.8 Å². The molecule has 98 valence electrons. The highest BCUT2D eigenvalue weighted by Crippen LogP contribution is 2.33. The van der Waals surface area contributed by atoms with Crippen molar-refractivity contribution in [2.24, 2.45) is 5.92 Å². The highest BCUT2D eigenvalue weighted by atomic mass is 16.5. The average molecular weight is 248 g/mol. The Morgan fingerprint density at radius 3 is 2.78 bits per heavy atom. The number of nitrogens with zero attached hydrogens (tertiary/aromatic N) is 1. The number of hydrogen-bond acceptors (Lipinski definition) is 4. The molecule has 1 fully saturated rings. The van der Waals surface area contributed by atoms with Crippen LogP contribution in [0.15, 0.2) is 18.2 Å². The zero-order valence-electron chi connectivity index (χ0n) is 11.0. The molecule has 1 aliphatic rings. The van der Waals surface area contributed by atoms with Crippen LogP contribution in [0.3, 0.4) is 0 Å². The molecule has 1 aliphatic carbocycles. The molecule has 0 aromatic heterocycles. The summed E-state index contributed by atoms with van der Waals surface area (Å²) >= 11 is 0. The first-order chi connectivity index (χ1) is 8.65. The Labute approximate surface area is 108 Å². The molecule has 0 radical (unpaired) electrons. The van der Waals surface area contributed by atoms with E-state index in [1.807, 2.05) is 12.1 Å². The van der Waals surface area contributed by atoms with E-state index >= 15 is 0 Å². The van der Waals surface area contributed by atoms with Crippen LogP contribution in [0.1, 0.15) is 30.1 Å². The van der Waals surface area contributed by atoms with Crippen LogP contribution < -0.4 is 10.6 Å². The van der Waals surface area contributed by atoms with Gasteiger partial charge in [-0.25, -0.2) is 4.79 Å². The van der Waals surface area contributed by atoms with Gasteiger partial charge in [-0.05, 0) is 43.9 Å². The van der Waals surface area contributed by atoms with Crippen molar-refractivity contribution >= 4 is 17.3 Å². The molecule has 0 bridgehead atoms. The molecule has 0 unspecified atom stereocenters. The SMILES string of the molecule is CCN(CC1CC1)c1ccc(N)cc1C(=O)OC. The van der Waals surface area contributed by atoms with Crippen LogP contribution in [0, 0.1) is 5.92 Å². The molecular weight excluding hydrogens is 228 g/mol. The van der Waals surface area contributed by atoms with Gasteiger partial charge in [0, 0.05) is 18.8 Å². The summed E-state index contributed by atoms with van der Waals surface area (Å²) in [6.45, 7) is 3.98. The van der Waals surface area contributed by atoms with Crippen LogP contribution in [-0.4, -0.2) is 26.2 Å². The standard InChI is InChI=1S/C14H20N2O2/c1-3-16(9-10-4-5-10)13-7-6-11(15)8-12(13)14(17)18-2/h6-8,10H,3-5,9,15H2,1-2H3. The van der Waals surface area contributed by atoms with E-state index in [0.717, 1.165) is 24.7 Å². The van der Waals surface area contributed by atoms with E-state index in [-0.39, 0.29) is 5.97 Å². The summed E-state index contributed by atoms with van der Waals surface area (Å²) in [5, 5.41) is 0. The predicted octanol–water partition coefficient (Wildman–Crippen LogP) is 2.29. The summed E-state index contributed by atoms with van der Waals surface area (Å²) in [6.07, 6.45) is 2.58. The van der Waals surface area contributed by atoms with Crippen LogP contribution in [0.25, 0.3) is 0 Å². The zero-order valence-corrected chi connectivity index (χ0v) is 11.0. The molecule has 0 heterocycles. The Morgan fingerprint density at radius 1 is 1.50 bits per heavy atom. The zero-order chi connectivity index (χ0) is 13.1. The number of nitrogens with two attached hydrogens (primary N) is 1. The van der Waals surface area contributed by atoms with Gasteiger partial charge in [0.1, 0.15) is 0 Å². The highest BCUT2D eigenvalue weighted by molar-refractivity contribution is 5.97. The second-order valence-electron chi connectivity index (χ2n) is 4.75. The Balaban J connectivity index is 2.30. The summed E-state index contributed by atoms with van der Waals surface area (Å²) in [7, 11) is 1.40. The van der Waals surface area contributed by atoms with Crippen LogP contribution in [0.4, 0.5) is 11.4 Å². The minimum Gasteiger partial charge on any atom is -0.465 e. The Hall–Kier alpha value is -1.71. The predicted molar refractivity (Wildman–Crippen MR) is 72.8 cm³/mol.